The van der Waals surface area contributed by atoms with Crippen molar-refractivity contribution in [3.8, 4) is 17.0 Å². The average Bonchev–Trinajstić information content (AvgIpc) is 3.49. The van der Waals surface area contributed by atoms with Gasteiger partial charge in [-0.15, -0.1) is 0 Å². The van der Waals surface area contributed by atoms with Crippen LogP contribution in [0.2, 0.25) is 0 Å². The molecule has 1 heterocycles. The quantitative estimate of drug-likeness (QED) is 0.425. The molecule has 0 saturated heterocycles. The Morgan fingerprint density at radius 2 is 1.88 bits per heavy atom. The van der Waals surface area contributed by atoms with E-state index in [2.05, 4.69) is 15.7 Å². The van der Waals surface area contributed by atoms with Gasteiger partial charge in [0.25, 0.3) is 0 Å². The lowest BCUT2D eigenvalue weighted by molar-refractivity contribution is -0.118. The fraction of sp³-hybridized carbons (Fsp3) is 0.346. The van der Waals surface area contributed by atoms with Crippen molar-refractivity contribution in [1.82, 2.24) is 15.1 Å². The number of benzene rings is 2. The topological polar surface area (TPSA) is 96.2 Å². The van der Waals surface area contributed by atoms with Crippen molar-refractivity contribution in [3.05, 3.63) is 65.6 Å². The van der Waals surface area contributed by atoms with Gasteiger partial charge in [0.15, 0.2) is 0 Å². The van der Waals surface area contributed by atoms with E-state index in [1.54, 1.807) is 44.2 Å². The average molecular weight is 465 g/mol. The lowest BCUT2D eigenvalue weighted by atomic mass is 10.0. The van der Waals surface area contributed by atoms with Crippen LogP contribution in [0.4, 0.5) is 14.9 Å². The highest BCUT2D eigenvalue weighted by atomic mass is 19.1. The summed E-state index contributed by atoms with van der Waals surface area (Å²) in [7, 11) is 0. The van der Waals surface area contributed by atoms with Crippen LogP contribution in [0.1, 0.15) is 56.7 Å². The molecule has 0 spiro atoms. The van der Waals surface area contributed by atoms with Gasteiger partial charge >= 0.3 is 6.03 Å². The largest absolute Gasteiger partial charge is 0.507 e. The van der Waals surface area contributed by atoms with Crippen molar-refractivity contribution >= 4 is 17.6 Å². The maximum absolute atomic E-state index is 14.0. The molecule has 1 aromatic heterocycles. The molecule has 0 unspecified atom stereocenters. The Balaban J connectivity index is 1.64. The molecule has 3 aromatic rings. The molecule has 0 bridgehead atoms. The van der Waals surface area contributed by atoms with Crippen molar-refractivity contribution < 1.29 is 19.1 Å². The van der Waals surface area contributed by atoms with Gasteiger partial charge in [0.1, 0.15) is 11.6 Å². The van der Waals surface area contributed by atoms with Gasteiger partial charge in [-0.1, -0.05) is 44.9 Å². The Morgan fingerprint density at radius 1 is 1.15 bits per heavy atom. The highest BCUT2D eigenvalue weighted by Crippen LogP contribution is 2.38. The van der Waals surface area contributed by atoms with E-state index >= 15 is 0 Å². The minimum absolute atomic E-state index is 0.00284. The first kappa shape index (κ1) is 23.5. The van der Waals surface area contributed by atoms with Crippen molar-refractivity contribution in [2.45, 2.75) is 52.0 Å². The highest BCUT2D eigenvalue weighted by Gasteiger charge is 2.26. The molecule has 4 rings (SSSR count). The number of hydrogen-bond acceptors (Lipinski definition) is 4. The predicted octanol–water partition coefficient (Wildman–Crippen LogP) is 5.40. The molecule has 2 amide bonds. The number of carbonyl (C=O) groups is 2. The zero-order chi connectivity index (χ0) is 24.2. The molecule has 1 aliphatic carbocycles. The SMILES string of the molecule is CC(C)C(=O)Nc1ccc(O)c(-c2cc(C3CCCC3)n(C(=O)NCc3ccccc3F)n2)c1. The summed E-state index contributed by atoms with van der Waals surface area (Å²) in [4.78, 5) is 25.2. The minimum atomic E-state index is -0.458. The van der Waals surface area contributed by atoms with Gasteiger partial charge in [-0.2, -0.15) is 9.78 Å². The first-order valence-electron chi connectivity index (χ1n) is 11.6. The van der Waals surface area contributed by atoms with E-state index in [0.717, 1.165) is 31.4 Å². The molecular weight excluding hydrogens is 435 g/mol. The second-order valence-electron chi connectivity index (χ2n) is 8.97. The third-order valence-electron chi connectivity index (χ3n) is 6.16. The number of rotatable bonds is 6. The number of phenolic OH excluding ortho intramolecular Hbond substituents is 1. The predicted molar refractivity (Wildman–Crippen MR) is 128 cm³/mol. The van der Waals surface area contributed by atoms with Crippen LogP contribution in [-0.2, 0) is 11.3 Å². The van der Waals surface area contributed by atoms with E-state index in [9.17, 15) is 19.1 Å². The van der Waals surface area contributed by atoms with E-state index in [1.165, 1.54) is 16.8 Å². The molecule has 1 aliphatic rings. The molecule has 1 saturated carbocycles. The number of hydrogen-bond donors (Lipinski definition) is 3. The van der Waals surface area contributed by atoms with E-state index in [-0.39, 0.29) is 35.9 Å². The zero-order valence-corrected chi connectivity index (χ0v) is 19.3. The first-order chi connectivity index (χ1) is 16.3. The third-order valence-corrected chi connectivity index (χ3v) is 6.16. The van der Waals surface area contributed by atoms with Crippen LogP contribution in [0.3, 0.4) is 0 Å². The number of anilines is 1. The molecule has 7 nitrogen and oxygen atoms in total. The molecule has 0 atom stereocenters. The van der Waals surface area contributed by atoms with Gasteiger partial charge < -0.3 is 15.7 Å². The summed E-state index contributed by atoms with van der Waals surface area (Å²) in [6.07, 6.45) is 4.04. The maximum Gasteiger partial charge on any atom is 0.342 e. The highest BCUT2D eigenvalue weighted by molar-refractivity contribution is 5.93. The van der Waals surface area contributed by atoms with Crippen LogP contribution in [0, 0.1) is 11.7 Å². The number of nitrogens with one attached hydrogen (secondary N) is 2. The van der Waals surface area contributed by atoms with Gasteiger partial charge in [0.05, 0.1) is 11.4 Å². The summed E-state index contributed by atoms with van der Waals surface area (Å²) in [5.41, 5.74) is 2.53. The third kappa shape index (κ3) is 5.11. The normalized spacial score (nSPS) is 13.9. The van der Waals surface area contributed by atoms with Crippen LogP contribution in [0.15, 0.2) is 48.5 Å². The summed E-state index contributed by atoms with van der Waals surface area (Å²) in [6, 6.07) is 12.4. The summed E-state index contributed by atoms with van der Waals surface area (Å²) in [5.74, 6) is -0.543. The van der Waals surface area contributed by atoms with E-state index < -0.39 is 6.03 Å². The van der Waals surface area contributed by atoms with Gasteiger partial charge in [-0.05, 0) is 43.2 Å². The van der Waals surface area contributed by atoms with Crippen LogP contribution < -0.4 is 10.6 Å². The smallest absolute Gasteiger partial charge is 0.342 e. The van der Waals surface area contributed by atoms with Crippen molar-refractivity contribution in [3.63, 3.8) is 0 Å². The summed E-state index contributed by atoms with van der Waals surface area (Å²) < 4.78 is 15.3. The fourth-order valence-corrected chi connectivity index (χ4v) is 4.20. The second-order valence-corrected chi connectivity index (χ2v) is 8.97. The van der Waals surface area contributed by atoms with Crippen LogP contribution in [0.25, 0.3) is 11.3 Å². The Bertz CT molecular complexity index is 1200. The number of halogens is 1. The Morgan fingerprint density at radius 3 is 2.59 bits per heavy atom. The van der Waals surface area contributed by atoms with Crippen LogP contribution in [0.5, 0.6) is 5.75 Å². The maximum atomic E-state index is 14.0. The van der Waals surface area contributed by atoms with E-state index in [1.807, 2.05) is 6.07 Å². The molecule has 178 valence electrons. The molecule has 0 aliphatic heterocycles. The van der Waals surface area contributed by atoms with E-state index in [0.29, 0.717) is 22.5 Å². The van der Waals surface area contributed by atoms with Gasteiger partial charge in [-0.25, -0.2) is 9.18 Å². The Hall–Kier alpha value is -3.68. The van der Waals surface area contributed by atoms with Crippen molar-refractivity contribution in [1.29, 1.82) is 0 Å². The van der Waals surface area contributed by atoms with E-state index in [4.69, 9.17) is 0 Å². The number of carbonyl (C=O) groups excluding carboxylic acids is 2. The molecular formula is C26H29FN4O3. The van der Waals surface area contributed by atoms with Crippen molar-refractivity contribution in [2.24, 2.45) is 5.92 Å². The molecule has 34 heavy (non-hydrogen) atoms. The van der Waals surface area contributed by atoms with Crippen molar-refractivity contribution in [2.75, 3.05) is 5.32 Å². The number of nitrogens with zero attached hydrogens (tertiary/aromatic N) is 2. The number of aromatic nitrogens is 2. The van der Waals surface area contributed by atoms with Crippen LogP contribution in [-0.4, -0.2) is 26.8 Å². The molecule has 1 fully saturated rings. The van der Waals surface area contributed by atoms with Gasteiger partial charge in [-0.3, -0.25) is 4.79 Å². The number of aromatic hydroxyl groups is 1. The fourth-order valence-electron chi connectivity index (χ4n) is 4.20. The number of phenols is 1. The standard InChI is InChI=1S/C26H29FN4O3/c1-16(2)25(33)29-19-11-12-24(32)20(13-19)22-14-23(17-7-3-4-8-17)31(30-22)26(34)28-15-18-9-5-6-10-21(18)27/h5-6,9-14,16-17,32H,3-4,7-8,15H2,1-2H3,(H,28,34)(H,29,33). The zero-order valence-electron chi connectivity index (χ0n) is 19.3. The lowest BCUT2D eigenvalue weighted by Gasteiger charge is -2.12. The molecule has 3 N–H and O–H groups in total. The monoisotopic (exact) mass is 464 g/mol. The number of amides is 2. The summed E-state index contributed by atoms with van der Waals surface area (Å²) in [5, 5.41) is 20.6. The second kappa shape index (κ2) is 10.1. The Labute approximate surface area is 198 Å². The molecule has 2 aromatic carbocycles. The Kier molecular flexibility index (Phi) is 6.95. The lowest BCUT2D eigenvalue weighted by Crippen LogP contribution is -2.31. The molecule has 8 heteroatoms. The molecule has 0 radical (unpaired) electrons. The first-order valence-corrected chi connectivity index (χ1v) is 11.6. The minimum Gasteiger partial charge on any atom is -0.507 e. The van der Waals surface area contributed by atoms with Crippen LogP contribution >= 0.6 is 0 Å². The summed E-state index contributed by atoms with van der Waals surface area (Å²) in [6.45, 7) is 3.63. The summed E-state index contributed by atoms with van der Waals surface area (Å²) >= 11 is 0. The van der Waals surface area contributed by atoms with Gasteiger partial charge in [0, 0.05) is 35.2 Å². The van der Waals surface area contributed by atoms with Gasteiger partial charge in [0.2, 0.25) is 5.91 Å².